The first-order valence-electron chi connectivity index (χ1n) is 14.2. The molecule has 40 heavy (non-hydrogen) atoms. The molecule has 3 aromatic carbocycles. The van der Waals surface area contributed by atoms with Crippen LogP contribution in [0.2, 0.25) is 25.7 Å². The van der Waals surface area contributed by atoms with Crippen LogP contribution in [0, 0.1) is 0 Å². The number of aromatic nitrogens is 2. The molecule has 0 saturated carbocycles. The Morgan fingerprint density at radius 1 is 0.850 bits per heavy atom. The maximum Gasteiger partial charge on any atom is 0.304 e. The van der Waals surface area contributed by atoms with Crippen LogP contribution in [0.25, 0.3) is 11.0 Å². The summed E-state index contributed by atoms with van der Waals surface area (Å²) in [5.41, 5.74) is 2.16. The summed E-state index contributed by atoms with van der Waals surface area (Å²) in [7, 11) is -1.16. The van der Waals surface area contributed by atoms with Crippen molar-refractivity contribution in [2.24, 2.45) is 0 Å². The van der Waals surface area contributed by atoms with E-state index in [0.29, 0.717) is 25.1 Å². The van der Waals surface area contributed by atoms with Crippen LogP contribution in [0.4, 0.5) is 0 Å². The predicted molar refractivity (Wildman–Crippen MR) is 162 cm³/mol. The minimum absolute atomic E-state index is 0.404. The lowest BCUT2D eigenvalue weighted by Gasteiger charge is -2.38. The van der Waals surface area contributed by atoms with Crippen molar-refractivity contribution in [3.8, 4) is 17.5 Å². The van der Waals surface area contributed by atoms with Gasteiger partial charge in [-0.25, -0.2) is 0 Å². The van der Waals surface area contributed by atoms with E-state index >= 15 is 0 Å². The molecule has 1 aliphatic heterocycles. The molecule has 1 saturated heterocycles. The quantitative estimate of drug-likeness (QED) is 0.158. The first-order chi connectivity index (χ1) is 19.3. The van der Waals surface area contributed by atoms with Gasteiger partial charge in [-0.1, -0.05) is 62.1 Å². The molecule has 1 fully saturated rings. The Bertz CT molecular complexity index is 1360. The van der Waals surface area contributed by atoms with E-state index in [2.05, 4.69) is 24.5 Å². The Labute approximate surface area is 238 Å². The van der Waals surface area contributed by atoms with Gasteiger partial charge in [0.1, 0.15) is 24.8 Å². The molecular weight excluding hydrogens is 518 g/mol. The number of nitrogens with zero attached hydrogens (tertiary/aromatic N) is 3. The van der Waals surface area contributed by atoms with Crippen molar-refractivity contribution < 1.29 is 19.3 Å². The highest BCUT2D eigenvalue weighted by molar-refractivity contribution is 6.76. The summed E-state index contributed by atoms with van der Waals surface area (Å²) in [6.07, 6.45) is 1.47. The summed E-state index contributed by atoms with van der Waals surface area (Å²) in [5, 5.41) is 11.1. The second kappa shape index (κ2) is 12.6. The molecule has 1 N–H and O–H groups in total. The second-order valence-corrected chi connectivity index (χ2v) is 17.4. The molecule has 0 aliphatic carbocycles. The van der Waals surface area contributed by atoms with E-state index in [1.54, 1.807) is 0 Å². The first-order valence-corrected chi connectivity index (χ1v) is 17.9. The van der Waals surface area contributed by atoms with Crippen LogP contribution in [-0.4, -0.2) is 60.5 Å². The number of ether oxygens (including phenoxy) is 3. The fourth-order valence-corrected chi connectivity index (χ4v) is 5.73. The van der Waals surface area contributed by atoms with Crippen molar-refractivity contribution in [2.45, 2.75) is 50.9 Å². The average molecular weight is 560 g/mol. The van der Waals surface area contributed by atoms with Gasteiger partial charge in [-0.15, -0.1) is 0 Å². The van der Waals surface area contributed by atoms with Crippen LogP contribution in [0.3, 0.4) is 0 Å². The summed E-state index contributed by atoms with van der Waals surface area (Å²) in [5.74, 6) is 1.50. The van der Waals surface area contributed by atoms with Gasteiger partial charge in [0.05, 0.1) is 16.6 Å². The number of rotatable bonds is 12. The Hall–Kier alpha value is -3.17. The molecule has 0 bridgehead atoms. The molecule has 0 spiro atoms. The van der Waals surface area contributed by atoms with Crippen molar-refractivity contribution in [1.82, 2.24) is 14.5 Å². The summed E-state index contributed by atoms with van der Waals surface area (Å²) in [4.78, 5) is 7.06. The van der Waals surface area contributed by atoms with Crippen molar-refractivity contribution in [3.63, 3.8) is 0 Å². The molecule has 2 heterocycles. The van der Waals surface area contributed by atoms with Gasteiger partial charge < -0.3 is 19.3 Å². The van der Waals surface area contributed by atoms with Gasteiger partial charge in [0.25, 0.3) is 0 Å². The summed E-state index contributed by atoms with van der Waals surface area (Å²) in [6.45, 7) is 11.3. The molecule has 8 heteroatoms. The predicted octanol–water partition coefficient (Wildman–Crippen LogP) is 6.50. The fourth-order valence-electron chi connectivity index (χ4n) is 4.98. The molecule has 4 aromatic rings. The third-order valence-electron chi connectivity index (χ3n) is 7.54. The normalized spacial score (nSPS) is 15.8. The van der Waals surface area contributed by atoms with Crippen molar-refractivity contribution in [2.75, 3.05) is 32.8 Å². The number of hydrogen-bond donors (Lipinski definition) is 1. The molecule has 0 radical (unpaired) electrons. The SMILES string of the molecule is C[Si](C)(C)CCOCn1c(Oc2ccc(OCCN3CCC(O)(c4ccccc4)CC3)cc2)nc2ccccc21. The largest absolute Gasteiger partial charge is 0.492 e. The molecule has 0 amide bonds. The van der Waals surface area contributed by atoms with E-state index in [0.717, 1.165) is 67.5 Å². The van der Waals surface area contributed by atoms with E-state index in [1.807, 2.05) is 83.4 Å². The molecule has 1 aromatic heterocycles. The van der Waals surface area contributed by atoms with E-state index in [1.165, 1.54) is 0 Å². The molecule has 5 rings (SSSR count). The number of aliphatic hydroxyl groups is 1. The topological polar surface area (TPSA) is 69.0 Å². The third kappa shape index (κ3) is 7.31. The lowest BCUT2D eigenvalue weighted by molar-refractivity contribution is -0.0278. The second-order valence-electron chi connectivity index (χ2n) is 11.8. The highest BCUT2D eigenvalue weighted by Gasteiger charge is 2.33. The molecular formula is C32H41N3O4Si. The van der Waals surface area contributed by atoms with Crippen LogP contribution in [-0.2, 0) is 17.1 Å². The number of imidazole rings is 1. The van der Waals surface area contributed by atoms with Crippen molar-refractivity contribution in [3.05, 3.63) is 84.4 Å². The molecule has 0 unspecified atom stereocenters. The van der Waals surface area contributed by atoms with Gasteiger partial charge in [0.15, 0.2) is 0 Å². The van der Waals surface area contributed by atoms with Gasteiger partial charge in [-0.3, -0.25) is 9.47 Å². The maximum absolute atomic E-state index is 11.1. The Morgan fingerprint density at radius 3 is 2.25 bits per heavy atom. The highest BCUT2D eigenvalue weighted by Crippen LogP contribution is 2.32. The van der Waals surface area contributed by atoms with E-state index in [4.69, 9.17) is 19.2 Å². The van der Waals surface area contributed by atoms with Crippen LogP contribution >= 0.6 is 0 Å². The van der Waals surface area contributed by atoms with Crippen LogP contribution in [0.5, 0.6) is 17.5 Å². The van der Waals surface area contributed by atoms with Gasteiger partial charge in [0.2, 0.25) is 0 Å². The fraction of sp³-hybridized carbons (Fsp3) is 0.406. The third-order valence-corrected chi connectivity index (χ3v) is 9.24. The number of fused-ring (bicyclic) bond motifs is 1. The monoisotopic (exact) mass is 559 g/mol. The average Bonchev–Trinajstić information content (AvgIpc) is 3.30. The number of hydrogen-bond acceptors (Lipinski definition) is 6. The minimum atomic E-state index is -1.16. The van der Waals surface area contributed by atoms with Crippen molar-refractivity contribution in [1.29, 1.82) is 0 Å². The number of piperidine rings is 1. The lowest BCUT2D eigenvalue weighted by atomic mass is 9.84. The van der Waals surface area contributed by atoms with Crippen LogP contribution < -0.4 is 9.47 Å². The summed E-state index contributed by atoms with van der Waals surface area (Å²) in [6, 6.07) is 27.3. The molecule has 1 aliphatic rings. The Morgan fingerprint density at radius 2 is 1.52 bits per heavy atom. The summed E-state index contributed by atoms with van der Waals surface area (Å²) < 4.78 is 20.2. The maximum atomic E-state index is 11.1. The zero-order chi connectivity index (χ0) is 28.0. The zero-order valence-electron chi connectivity index (χ0n) is 23.9. The standard InChI is InChI=1S/C32H41N3O4Si/c1-40(2,3)24-23-37-25-35-30-12-8-7-11-29(30)33-31(35)39-28-15-13-27(14-16-28)38-22-21-34-19-17-32(36,18-20-34)26-9-5-4-6-10-26/h4-16,36H,17-25H2,1-3H3. The number of benzene rings is 3. The molecule has 7 nitrogen and oxygen atoms in total. The van der Waals surface area contributed by atoms with Gasteiger partial charge in [0, 0.05) is 34.3 Å². The van der Waals surface area contributed by atoms with Gasteiger partial charge in [-0.05, 0) is 60.8 Å². The summed E-state index contributed by atoms with van der Waals surface area (Å²) >= 11 is 0. The zero-order valence-corrected chi connectivity index (χ0v) is 24.9. The van der Waals surface area contributed by atoms with Gasteiger partial charge in [-0.2, -0.15) is 4.98 Å². The smallest absolute Gasteiger partial charge is 0.304 e. The Balaban J connectivity index is 1.12. The van der Waals surface area contributed by atoms with Crippen LogP contribution in [0.15, 0.2) is 78.9 Å². The number of likely N-dealkylation sites (tertiary alicyclic amines) is 1. The van der Waals surface area contributed by atoms with Crippen molar-refractivity contribution >= 4 is 19.1 Å². The van der Waals surface area contributed by atoms with E-state index in [9.17, 15) is 5.11 Å². The van der Waals surface area contributed by atoms with E-state index < -0.39 is 13.7 Å². The van der Waals surface area contributed by atoms with Crippen LogP contribution in [0.1, 0.15) is 18.4 Å². The van der Waals surface area contributed by atoms with Gasteiger partial charge >= 0.3 is 6.01 Å². The Kier molecular flexibility index (Phi) is 8.90. The lowest BCUT2D eigenvalue weighted by Crippen LogP contribution is -2.43. The number of para-hydroxylation sites is 2. The van der Waals surface area contributed by atoms with E-state index in [-0.39, 0.29) is 0 Å². The highest BCUT2D eigenvalue weighted by atomic mass is 28.3. The molecule has 212 valence electrons. The first kappa shape index (κ1) is 28.4. The minimum Gasteiger partial charge on any atom is -0.492 e. The molecule has 0 atom stereocenters.